The standard InChI is InChI=1S/C6H8N2O/c7-4-8(5-9)6-2-1-3-6/h5-6H,1-3H2. The van der Waals surface area contributed by atoms with E-state index in [9.17, 15) is 4.79 Å². The van der Waals surface area contributed by atoms with Crippen molar-refractivity contribution < 1.29 is 4.79 Å². The molecule has 3 heteroatoms. The summed E-state index contributed by atoms with van der Waals surface area (Å²) in [5, 5.41) is 8.31. The van der Waals surface area contributed by atoms with E-state index in [2.05, 4.69) is 0 Å². The van der Waals surface area contributed by atoms with E-state index < -0.39 is 0 Å². The fourth-order valence-electron chi connectivity index (χ4n) is 0.856. The van der Waals surface area contributed by atoms with Crippen molar-refractivity contribution in [3.05, 3.63) is 0 Å². The molecule has 48 valence electrons. The third-order valence-corrected chi connectivity index (χ3v) is 1.70. The van der Waals surface area contributed by atoms with Crippen LogP contribution in [0.5, 0.6) is 0 Å². The summed E-state index contributed by atoms with van der Waals surface area (Å²) >= 11 is 0. The molecule has 0 N–H and O–H groups in total. The third kappa shape index (κ3) is 1.02. The first-order valence-electron chi connectivity index (χ1n) is 3.02. The van der Waals surface area contributed by atoms with Crippen molar-refractivity contribution in [1.29, 1.82) is 5.26 Å². The van der Waals surface area contributed by atoms with Gasteiger partial charge in [0, 0.05) is 6.04 Å². The Hall–Kier alpha value is -1.04. The summed E-state index contributed by atoms with van der Waals surface area (Å²) in [7, 11) is 0. The van der Waals surface area contributed by atoms with Crippen molar-refractivity contribution in [3.8, 4) is 6.19 Å². The van der Waals surface area contributed by atoms with Crippen LogP contribution in [0.2, 0.25) is 0 Å². The molecule has 1 aliphatic rings. The van der Waals surface area contributed by atoms with Gasteiger partial charge in [0.1, 0.15) is 0 Å². The summed E-state index contributed by atoms with van der Waals surface area (Å²) in [6.45, 7) is 0. The summed E-state index contributed by atoms with van der Waals surface area (Å²) in [5.74, 6) is 0. The molecule has 9 heavy (non-hydrogen) atoms. The Bertz CT molecular complexity index is 146. The minimum Gasteiger partial charge on any atom is -0.278 e. The molecule has 0 aromatic carbocycles. The molecule has 1 rings (SSSR count). The fourth-order valence-corrected chi connectivity index (χ4v) is 0.856. The van der Waals surface area contributed by atoms with Crippen LogP contribution in [0.4, 0.5) is 0 Å². The number of nitriles is 1. The lowest BCUT2D eigenvalue weighted by atomic mass is 9.92. The number of carbonyl (C=O) groups is 1. The van der Waals surface area contributed by atoms with Crippen LogP contribution in [0.25, 0.3) is 0 Å². The molecule has 1 saturated carbocycles. The van der Waals surface area contributed by atoms with Gasteiger partial charge in [-0.15, -0.1) is 0 Å². The highest BCUT2D eigenvalue weighted by Crippen LogP contribution is 2.22. The molecule has 0 bridgehead atoms. The summed E-state index contributed by atoms with van der Waals surface area (Å²) in [5.41, 5.74) is 0. The van der Waals surface area contributed by atoms with Gasteiger partial charge < -0.3 is 0 Å². The highest BCUT2D eigenvalue weighted by atomic mass is 16.1. The smallest absolute Gasteiger partial charge is 0.223 e. The molecule has 3 nitrogen and oxygen atoms in total. The van der Waals surface area contributed by atoms with Crippen molar-refractivity contribution >= 4 is 6.41 Å². The molecule has 0 aromatic heterocycles. The van der Waals surface area contributed by atoms with Crippen LogP contribution >= 0.6 is 0 Å². The second kappa shape index (κ2) is 2.49. The van der Waals surface area contributed by atoms with Gasteiger partial charge in [-0.25, -0.2) is 4.90 Å². The van der Waals surface area contributed by atoms with Gasteiger partial charge in [0.2, 0.25) is 6.41 Å². The highest BCUT2D eigenvalue weighted by Gasteiger charge is 2.23. The molecule has 0 aliphatic heterocycles. The number of hydrogen-bond donors (Lipinski definition) is 0. The fraction of sp³-hybridized carbons (Fsp3) is 0.667. The van der Waals surface area contributed by atoms with Gasteiger partial charge in [-0.05, 0) is 19.3 Å². The van der Waals surface area contributed by atoms with E-state index in [1.807, 2.05) is 6.19 Å². The molecular weight excluding hydrogens is 116 g/mol. The Morgan fingerprint density at radius 3 is 2.44 bits per heavy atom. The number of rotatable bonds is 2. The van der Waals surface area contributed by atoms with Gasteiger partial charge in [0.25, 0.3) is 0 Å². The van der Waals surface area contributed by atoms with Crippen molar-refractivity contribution in [2.24, 2.45) is 0 Å². The predicted molar refractivity (Wildman–Crippen MR) is 31.2 cm³/mol. The second-order valence-electron chi connectivity index (χ2n) is 2.20. The molecule has 1 amide bonds. The van der Waals surface area contributed by atoms with E-state index in [4.69, 9.17) is 5.26 Å². The normalized spacial score (nSPS) is 17.7. The zero-order valence-corrected chi connectivity index (χ0v) is 5.08. The van der Waals surface area contributed by atoms with E-state index in [1.54, 1.807) is 0 Å². The van der Waals surface area contributed by atoms with E-state index in [0.717, 1.165) is 19.3 Å². The van der Waals surface area contributed by atoms with E-state index in [0.29, 0.717) is 6.41 Å². The molecule has 0 saturated heterocycles. The largest absolute Gasteiger partial charge is 0.278 e. The summed E-state index contributed by atoms with van der Waals surface area (Å²) in [4.78, 5) is 11.3. The molecule has 0 radical (unpaired) electrons. The Morgan fingerprint density at radius 1 is 1.67 bits per heavy atom. The first-order chi connectivity index (χ1) is 4.38. The van der Waals surface area contributed by atoms with Gasteiger partial charge in [-0.2, -0.15) is 5.26 Å². The van der Waals surface area contributed by atoms with E-state index in [-0.39, 0.29) is 6.04 Å². The van der Waals surface area contributed by atoms with Gasteiger partial charge in [0.15, 0.2) is 6.19 Å². The average Bonchev–Trinajstić information content (AvgIpc) is 1.78. The van der Waals surface area contributed by atoms with Gasteiger partial charge in [-0.3, -0.25) is 4.79 Å². The van der Waals surface area contributed by atoms with Gasteiger partial charge in [-0.1, -0.05) is 0 Å². The quantitative estimate of drug-likeness (QED) is 0.305. The number of hydrogen-bond acceptors (Lipinski definition) is 2. The van der Waals surface area contributed by atoms with Crippen LogP contribution in [0.3, 0.4) is 0 Å². The first-order valence-corrected chi connectivity index (χ1v) is 3.02. The van der Waals surface area contributed by atoms with Crippen molar-refractivity contribution in [1.82, 2.24) is 4.90 Å². The van der Waals surface area contributed by atoms with E-state index >= 15 is 0 Å². The molecule has 1 aliphatic carbocycles. The Balaban J connectivity index is 2.38. The van der Waals surface area contributed by atoms with Crippen LogP contribution in [-0.4, -0.2) is 17.4 Å². The summed E-state index contributed by atoms with van der Waals surface area (Å²) in [6.07, 6.45) is 5.55. The van der Waals surface area contributed by atoms with Gasteiger partial charge >= 0.3 is 0 Å². The zero-order valence-electron chi connectivity index (χ0n) is 5.08. The maximum atomic E-state index is 10.1. The summed E-state index contributed by atoms with van der Waals surface area (Å²) in [6, 6.07) is 0.215. The topological polar surface area (TPSA) is 44.1 Å². The predicted octanol–water partition coefficient (Wildman–Crippen LogP) is 0.478. The maximum Gasteiger partial charge on any atom is 0.223 e. The highest BCUT2D eigenvalue weighted by molar-refractivity contribution is 5.50. The number of amides is 1. The Labute approximate surface area is 53.9 Å². The van der Waals surface area contributed by atoms with Crippen molar-refractivity contribution in [2.45, 2.75) is 25.3 Å². The van der Waals surface area contributed by atoms with E-state index in [1.165, 1.54) is 4.90 Å². The van der Waals surface area contributed by atoms with Crippen molar-refractivity contribution in [3.63, 3.8) is 0 Å². The van der Waals surface area contributed by atoms with Crippen LogP contribution in [-0.2, 0) is 4.79 Å². The molecule has 0 spiro atoms. The molecule has 0 unspecified atom stereocenters. The average molecular weight is 124 g/mol. The van der Waals surface area contributed by atoms with Gasteiger partial charge in [0.05, 0.1) is 0 Å². The van der Waals surface area contributed by atoms with Crippen LogP contribution in [0.1, 0.15) is 19.3 Å². The molecule has 1 fully saturated rings. The van der Waals surface area contributed by atoms with Crippen molar-refractivity contribution in [2.75, 3.05) is 0 Å². The molecular formula is C6H8N2O. The maximum absolute atomic E-state index is 10.1. The second-order valence-corrected chi connectivity index (χ2v) is 2.20. The zero-order chi connectivity index (χ0) is 6.69. The molecule has 0 atom stereocenters. The lowest BCUT2D eigenvalue weighted by Crippen LogP contribution is -2.35. The van der Waals surface area contributed by atoms with Crippen LogP contribution < -0.4 is 0 Å². The Morgan fingerprint density at radius 2 is 2.33 bits per heavy atom. The minimum atomic E-state index is 0.215. The van der Waals surface area contributed by atoms with Crippen LogP contribution in [0.15, 0.2) is 0 Å². The van der Waals surface area contributed by atoms with Crippen LogP contribution in [0, 0.1) is 11.5 Å². The SMILES string of the molecule is N#CN(C=O)C1CCC1. The minimum absolute atomic E-state index is 0.215. The summed E-state index contributed by atoms with van der Waals surface area (Å²) < 4.78 is 0. The lowest BCUT2D eigenvalue weighted by Gasteiger charge is -2.28. The lowest BCUT2D eigenvalue weighted by molar-refractivity contribution is -0.118. The third-order valence-electron chi connectivity index (χ3n) is 1.70. The first kappa shape index (κ1) is 6.09. The molecule has 0 heterocycles. The number of nitrogens with zero attached hydrogens (tertiary/aromatic N) is 2. The monoisotopic (exact) mass is 124 g/mol. The number of carbonyl (C=O) groups excluding carboxylic acids is 1. The Kier molecular flexibility index (Phi) is 1.69. The molecule has 0 aromatic rings.